The average Bonchev–Trinajstić information content (AvgIpc) is 2.78. The van der Waals surface area contributed by atoms with Gasteiger partial charge in [-0.25, -0.2) is 0 Å². The molecule has 2 aromatic rings. The maximum absolute atomic E-state index is 5.85. The summed E-state index contributed by atoms with van der Waals surface area (Å²) in [6.07, 6.45) is 0. The molecule has 0 saturated carbocycles. The number of hydrogen-bond donors (Lipinski definition) is 1. The molecule has 84 valence electrons. The average molecular weight is 233 g/mol. The van der Waals surface area contributed by atoms with Crippen molar-refractivity contribution in [1.29, 1.82) is 0 Å². The Balaban J connectivity index is 2.42. The van der Waals surface area contributed by atoms with Crippen molar-refractivity contribution in [2.24, 2.45) is 5.73 Å². The third-order valence-electron chi connectivity index (χ3n) is 2.45. The summed E-state index contributed by atoms with van der Waals surface area (Å²) in [6, 6.07) is 12.3. The molecule has 1 atom stereocenters. The van der Waals surface area contributed by atoms with E-state index in [1.54, 1.807) is 18.4 Å². The first kappa shape index (κ1) is 11.2. The van der Waals surface area contributed by atoms with Gasteiger partial charge in [0.15, 0.2) is 0 Å². The Bertz CT molecular complexity index is 476. The smallest absolute Gasteiger partial charge is 0.127 e. The molecule has 0 amide bonds. The molecule has 0 spiro atoms. The minimum atomic E-state index is 0.0912. The Kier molecular flexibility index (Phi) is 3.27. The lowest BCUT2D eigenvalue weighted by atomic mass is 10.1. The molecule has 0 bridgehead atoms. The van der Waals surface area contributed by atoms with Gasteiger partial charge in [0.1, 0.15) is 5.75 Å². The second-order valence-corrected chi connectivity index (χ2v) is 4.81. The number of benzene rings is 1. The maximum Gasteiger partial charge on any atom is 0.127 e. The van der Waals surface area contributed by atoms with Crippen molar-refractivity contribution in [3.05, 3.63) is 41.3 Å². The molecule has 0 radical (unpaired) electrons. The van der Waals surface area contributed by atoms with Crippen LogP contribution in [0.25, 0.3) is 10.4 Å². The Morgan fingerprint density at radius 1 is 1.19 bits per heavy atom. The first-order valence-corrected chi connectivity index (χ1v) is 6.02. The van der Waals surface area contributed by atoms with E-state index in [0.29, 0.717) is 0 Å². The van der Waals surface area contributed by atoms with Gasteiger partial charge < -0.3 is 10.5 Å². The molecule has 16 heavy (non-hydrogen) atoms. The quantitative estimate of drug-likeness (QED) is 0.881. The van der Waals surface area contributed by atoms with Crippen LogP contribution in [0.3, 0.4) is 0 Å². The fourth-order valence-electron chi connectivity index (χ4n) is 1.59. The third-order valence-corrected chi connectivity index (χ3v) is 3.77. The molecular formula is C13H15NOS. The molecule has 2 rings (SSSR count). The molecule has 0 aliphatic heterocycles. The Morgan fingerprint density at radius 2 is 1.94 bits per heavy atom. The van der Waals surface area contributed by atoms with Crippen molar-refractivity contribution in [3.8, 4) is 16.2 Å². The monoisotopic (exact) mass is 233 g/mol. The SMILES string of the molecule is COc1ccccc1-c1ccc(C(C)N)s1. The maximum atomic E-state index is 5.85. The Hall–Kier alpha value is -1.32. The number of para-hydroxylation sites is 1. The Labute approximate surface area is 99.7 Å². The fraction of sp³-hybridized carbons (Fsp3) is 0.231. The summed E-state index contributed by atoms with van der Waals surface area (Å²) in [5.74, 6) is 0.903. The molecule has 0 fully saturated rings. The van der Waals surface area contributed by atoms with Crippen LogP contribution in [0.15, 0.2) is 36.4 Å². The van der Waals surface area contributed by atoms with E-state index < -0.39 is 0 Å². The lowest BCUT2D eigenvalue weighted by Crippen LogP contribution is -2.01. The summed E-state index contributed by atoms with van der Waals surface area (Å²) in [5, 5.41) is 0. The van der Waals surface area contributed by atoms with Crippen LogP contribution in [0.4, 0.5) is 0 Å². The Morgan fingerprint density at radius 3 is 2.56 bits per heavy atom. The van der Waals surface area contributed by atoms with Crippen LogP contribution < -0.4 is 10.5 Å². The van der Waals surface area contributed by atoms with Crippen LogP contribution in [0.2, 0.25) is 0 Å². The van der Waals surface area contributed by atoms with Crippen molar-refractivity contribution >= 4 is 11.3 Å². The highest BCUT2D eigenvalue weighted by Crippen LogP contribution is 2.35. The van der Waals surface area contributed by atoms with E-state index >= 15 is 0 Å². The standard InChI is InChI=1S/C13H15NOS/c1-9(14)12-7-8-13(16-12)10-5-3-4-6-11(10)15-2/h3-9H,14H2,1-2H3. The van der Waals surface area contributed by atoms with E-state index in [4.69, 9.17) is 10.5 Å². The highest BCUT2D eigenvalue weighted by molar-refractivity contribution is 7.15. The first-order valence-electron chi connectivity index (χ1n) is 5.21. The summed E-state index contributed by atoms with van der Waals surface area (Å²) < 4.78 is 5.34. The molecule has 2 nitrogen and oxygen atoms in total. The van der Waals surface area contributed by atoms with Gasteiger partial charge in [-0.05, 0) is 31.2 Å². The van der Waals surface area contributed by atoms with Gasteiger partial charge in [0.2, 0.25) is 0 Å². The number of ether oxygens (including phenoxy) is 1. The van der Waals surface area contributed by atoms with E-state index in [-0.39, 0.29) is 6.04 Å². The molecule has 1 aromatic carbocycles. The summed E-state index contributed by atoms with van der Waals surface area (Å²) in [7, 11) is 1.69. The molecular weight excluding hydrogens is 218 g/mol. The predicted molar refractivity (Wildman–Crippen MR) is 68.9 cm³/mol. The van der Waals surface area contributed by atoms with Crippen LogP contribution in [0.5, 0.6) is 5.75 Å². The lowest BCUT2D eigenvalue weighted by Gasteiger charge is -2.05. The van der Waals surface area contributed by atoms with Gasteiger partial charge >= 0.3 is 0 Å². The van der Waals surface area contributed by atoms with Gasteiger partial charge in [-0.1, -0.05) is 12.1 Å². The molecule has 3 heteroatoms. The van der Waals surface area contributed by atoms with Crippen LogP contribution in [0.1, 0.15) is 17.8 Å². The van der Waals surface area contributed by atoms with Crippen molar-refractivity contribution < 1.29 is 4.74 Å². The zero-order chi connectivity index (χ0) is 11.5. The van der Waals surface area contributed by atoms with Crippen molar-refractivity contribution in [3.63, 3.8) is 0 Å². The number of hydrogen-bond acceptors (Lipinski definition) is 3. The fourth-order valence-corrected chi connectivity index (χ4v) is 2.58. The van der Waals surface area contributed by atoms with Gasteiger partial charge in [0.05, 0.1) is 7.11 Å². The highest BCUT2D eigenvalue weighted by atomic mass is 32.1. The van der Waals surface area contributed by atoms with Gasteiger partial charge in [-0.3, -0.25) is 0 Å². The molecule has 1 unspecified atom stereocenters. The van der Waals surface area contributed by atoms with Crippen molar-refractivity contribution in [2.45, 2.75) is 13.0 Å². The topological polar surface area (TPSA) is 35.2 Å². The lowest BCUT2D eigenvalue weighted by molar-refractivity contribution is 0.416. The number of nitrogens with two attached hydrogens (primary N) is 1. The second-order valence-electron chi connectivity index (χ2n) is 3.69. The summed E-state index contributed by atoms with van der Waals surface area (Å²) >= 11 is 1.72. The van der Waals surface area contributed by atoms with Crippen LogP contribution in [-0.4, -0.2) is 7.11 Å². The second kappa shape index (κ2) is 4.68. The zero-order valence-corrected chi connectivity index (χ0v) is 10.3. The molecule has 1 heterocycles. The van der Waals surface area contributed by atoms with Gasteiger partial charge in [0, 0.05) is 21.4 Å². The van der Waals surface area contributed by atoms with Crippen LogP contribution in [0, 0.1) is 0 Å². The van der Waals surface area contributed by atoms with E-state index in [1.807, 2.05) is 25.1 Å². The normalized spacial score (nSPS) is 12.4. The molecule has 2 N–H and O–H groups in total. The summed E-state index contributed by atoms with van der Waals surface area (Å²) in [4.78, 5) is 2.39. The minimum absolute atomic E-state index is 0.0912. The zero-order valence-electron chi connectivity index (χ0n) is 9.44. The van der Waals surface area contributed by atoms with E-state index in [2.05, 4.69) is 18.2 Å². The molecule has 0 aliphatic rings. The van der Waals surface area contributed by atoms with Gasteiger partial charge in [0.25, 0.3) is 0 Å². The number of methoxy groups -OCH3 is 1. The van der Waals surface area contributed by atoms with Crippen LogP contribution >= 0.6 is 11.3 Å². The van der Waals surface area contributed by atoms with Crippen molar-refractivity contribution in [2.75, 3.05) is 7.11 Å². The molecule has 0 saturated heterocycles. The van der Waals surface area contributed by atoms with E-state index in [1.165, 1.54) is 9.75 Å². The minimum Gasteiger partial charge on any atom is -0.496 e. The molecule has 1 aromatic heterocycles. The van der Waals surface area contributed by atoms with E-state index in [9.17, 15) is 0 Å². The van der Waals surface area contributed by atoms with Crippen LogP contribution in [-0.2, 0) is 0 Å². The first-order chi connectivity index (χ1) is 7.72. The van der Waals surface area contributed by atoms with E-state index in [0.717, 1.165) is 11.3 Å². The summed E-state index contributed by atoms with van der Waals surface area (Å²) in [5.41, 5.74) is 6.98. The van der Waals surface area contributed by atoms with Gasteiger partial charge in [-0.15, -0.1) is 11.3 Å². The number of rotatable bonds is 3. The van der Waals surface area contributed by atoms with Gasteiger partial charge in [-0.2, -0.15) is 0 Å². The van der Waals surface area contributed by atoms with Crippen molar-refractivity contribution in [1.82, 2.24) is 0 Å². The highest BCUT2D eigenvalue weighted by Gasteiger charge is 2.09. The third kappa shape index (κ3) is 2.10. The predicted octanol–water partition coefficient (Wildman–Crippen LogP) is 3.44. The largest absolute Gasteiger partial charge is 0.496 e. The number of thiophene rings is 1. The summed E-state index contributed by atoms with van der Waals surface area (Å²) in [6.45, 7) is 2.00. The molecule has 0 aliphatic carbocycles.